The van der Waals surface area contributed by atoms with Gasteiger partial charge in [-0.1, -0.05) is 68.9 Å². The number of amides is 1. The SMILES string of the molecule is O=C(N[C@H](Nc1ccc(N=Nc2ccccc2)cc1)C(Cl)(Cl)Cl)Oc1ccc(Br)cc1. The van der Waals surface area contributed by atoms with Crippen molar-refractivity contribution in [2.45, 2.75) is 9.96 Å². The molecule has 0 bridgehead atoms. The van der Waals surface area contributed by atoms with Crippen molar-refractivity contribution < 1.29 is 9.53 Å². The summed E-state index contributed by atoms with van der Waals surface area (Å²) in [7, 11) is 0. The standard InChI is InChI=1S/C21H16BrCl3N4O2/c22-14-6-12-18(13-7-14)31-20(30)27-19(21(23,24)25)26-15-8-10-17(11-9-15)29-28-16-4-2-1-3-5-16/h1-13,19,26H,(H,27,30)/t19-/m0/s1. The van der Waals surface area contributed by atoms with E-state index >= 15 is 0 Å². The third-order valence-electron chi connectivity index (χ3n) is 3.83. The van der Waals surface area contributed by atoms with Crippen molar-refractivity contribution in [2.75, 3.05) is 5.32 Å². The molecule has 0 heterocycles. The minimum Gasteiger partial charge on any atom is -0.410 e. The van der Waals surface area contributed by atoms with Gasteiger partial charge in [0.1, 0.15) is 11.9 Å². The Hall–Kier alpha value is -2.32. The van der Waals surface area contributed by atoms with Crippen LogP contribution in [0.2, 0.25) is 0 Å². The Balaban J connectivity index is 1.63. The molecule has 3 aromatic carbocycles. The number of halogens is 4. The maximum absolute atomic E-state index is 12.2. The molecule has 1 atom stereocenters. The highest BCUT2D eigenvalue weighted by atomic mass is 79.9. The van der Waals surface area contributed by atoms with Crippen LogP contribution >= 0.6 is 50.7 Å². The van der Waals surface area contributed by atoms with Gasteiger partial charge in [0.2, 0.25) is 3.79 Å². The van der Waals surface area contributed by atoms with E-state index in [9.17, 15) is 4.79 Å². The van der Waals surface area contributed by atoms with Crippen molar-refractivity contribution in [3.8, 4) is 5.75 Å². The molecule has 0 fully saturated rings. The van der Waals surface area contributed by atoms with Crippen LogP contribution in [0.5, 0.6) is 5.75 Å². The molecular weight excluding hydrogens is 527 g/mol. The lowest BCUT2D eigenvalue weighted by molar-refractivity contribution is 0.197. The highest BCUT2D eigenvalue weighted by Crippen LogP contribution is 2.31. The van der Waals surface area contributed by atoms with Crippen LogP contribution in [0, 0.1) is 0 Å². The molecule has 1 amide bonds. The van der Waals surface area contributed by atoms with Gasteiger partial charge >= 0.3 is 6.09 Å². The smallest absolute Gasteiger partial charge is 0.410 e. The van der Waals surface area contributed by atoms with Crippen molar-refractivity contribution in [1.29, 1.82) is 0 Å². The van der Waals surface area contributed by atoms with Gasteiger partial charge in [-0.3, -0.25) is 5.32 Å². The Labute approximate surface area is 202 Å². The topological polar surface area (TPSA) is 75.1 Å². The van der Waals surface area contributed by atoms with Crippen molar-refractivity contribution in [3.05, 3.63) is 83.3 Å². The third-order valence-corrected chi connectivity index (χ3v) is 5.01. The summed E-state index contributed by atoms with van der Waals surface area (Å²) in [6.07, 6.45) is -1.84. The molecule has 2 N–H and O–H groups in total. The number of benzene rings is 3. The molecule has 3 rings (SSSR count). The Morgan fingerprint density at radius 1 is 0.871 bits per heavy atom. The molecule has 10 heteroatoms. The summed E-state index contributed by atoms with van der Waals surface area (Å²) in [6.45, 7) is 0. The average Bonchev–Trinajstić information content (AvgIpc) is 2.74. The first-order valence-corrected chi connectivity index (χ1v) is 10.9. The van der Waals surface area contributed by atoms with E-state index in [0.29, 0.717) is 17.1 Å². The Morgan fingerprint density at radius 3 is 2.03 bits per heavy atom. The normalized spacial score (nSPS) is 12.4. The highest BCUT2D eigenvalue weighted by Gasteiger charge is 2.34. The number of carbonyl (C=O) groups excluding carboxylic acids is 1. The van der Waals surface area contributed by atoms with Crippen molar-refractivity contribution in [2.24, 2.45) is 10.2 Å². The van der Waals surface area contributed by atoms with Gasteiger partial charge in [-0.2, -0.15) is 10.2 Å². The first kappa shape index (κ1) is 23.3. The molecule has 0 aromatic heterocycles. The van der Waals surface area contributed by atoms with E-state index in [2.05, 4.69) is 36.8 Å². The summed E-state index contributed by atoms with van der Waals surface area (Å²) in [5.74, 6) is 0.344. The Bertz CT molecular complexity index is 1030. The number of rotatable bonds is 6. The Kier molecular flexibility index (Phi) is 8.15. The number of alkyl halides is 3. The monoisotopic (exact) mass is 540 g/mol. The summed E-state index contributed by atoms with van der Waals surface area (Å²) in [6, 6.07) is 23.0. The van der Waals surface area contributed by atoms with E-state index in [-0.39, 0.29) is 0 Å². The molecule has 160 valence electrons. The highest BCUT2D eigenvalue weighted by molar-refractivity contribution is 9.10. The number of hydrogen-bond acceptors (Lipinski definition) is 5. The largest absolute Gasteiger partial charge is 0.414 e. The molecule has 0 radical (unpaired) electrons. The van der Waals surface area contributed by atoms with Gasteiger partial charge < -0.3 is 10.1 Å². The van der Waals surface area contributed by atoms with Crippen LogP contribution in [0.15, 0.2) is 93.6 Å². The van der Waals surface area contributed by atoms with E-state index in [0.717, 1.165) is 10.2 Å². The van der Waals surface area contributed by atoms with Gasteiger partial charge in [0.05, 0.1) is 11.4 Å². The van der Waals surface area contributed by atoms with Crippen molar-refractivity contribution >= 4 is 73.9 Å². The summed E-state index contributed by atoms with van der Waals surface area (Å²) in [4.78, 5) is 12.2. The van der Waals surface area contributed by atoms with Crippen LogP contribution in [0.3, 0.4) is 0 Å². The molecule has 3 aromatic rings. The minimum absolute atomic E-state index is 0.344. The van der Waals surface area contributed by atoms with Gasteiger partial charge in [-0.15, -0.1) is 0 Å². The van der Waals surface area contributed by atoms with Gasteiger partial charge in [0, 0.05) is 10.2 Å². The quantitative estimate of drug-likeness (QED) is 0.190. The maximum Gasteiger partial charge on any atom is 0.414 e. The first-order valence-electron chi connectivity index (χ1n) is 8.93. The number of anilines is 1. The lowest BCUT2D eigenvalue weighted by Gasteiger charge is -2.27. The molecule has 0 aliphatic rings. The van der Waals surface area contributed by atoms with Crippen molar-refractivity contribution in [1.82, 2.24) is 5.32 Å². The molecule has 0 aliphatic heterocycles. The average molecular weight is 543 g/mol. The molecule has 31 heavy (non-hydrogen) atoms. The molecule has 0 saturated carbocycles. The number of nitrogens with zero attached hydrogens (tertiary/aromatic N) is 2. The molecule has 0 saturated heterocycles. The van der Waals surface area contributed by atoms with E-state index in [1.807, 2.05) is 30.3 Å². The fourth-order valence-corrected chi connectivity index (χ4v) is 2.95. The number of hydrogen-bond donors (Lipinski definition) is 2. The molecule has 0 aliphatic carbocycles. The first-order chi connectivity index (χ1) is 14.8. The molecular formula is C21H16BrCl3N4O2. The second-order valence-electron chi connectivity index (χ2n) is 6.19. The maximum atomic E-state index is 12.2. The summed E-state index contributed by atoms with van der Waals surface area (Å²) >= 11 is 21.4. The zero-order valence-electron chi connectivity index (χ0n) is 15.8. The molecule has 6 nitrogen and oxygen atoms in total. The van der Waals surface area contributed by atoms with Crippen LogP contribution in [-0.2, 0) is 0 Å². The summed E-state index contributed by atoms with van der Waals surface area (Å²) in [5, 5.41) is 13.8. The third kappa shape index (κ3) is 7.70. The van der Waals surface area contributed by atoms with E-state index in [4.69, 9.17) is 39.5 Å². The van der Waals surface area contributed by atoms with E-state index in [1.165, 1.54) is 0 Å². The summed E-state index contributed by atoms with van der Waals surface area (Å²) < 4.78 is 4.22. The lowest BCUT2D eigenvalue weighted by Crippen LogP contribution is -2.50. The van der Waals surface area contributed by atoms with Gasteiger partial charge in [-0.25, -0.2) is 4.79 Å². The van der Waals surface area contributed by atoms with Crippen LogP contribution < -0.4 is 15.4 Å². The predicted octanol–water partition coefficient (Wildman–Crippen LogP) is 7.76. The number of nitrogens with one attached hydrogen (secondary N) is 2. The van der Waals surface area contributed by atoms with Gasteiger partial charge in [0.15, 0.2) is 0 Å². The fraction of sp³-hybridized carbons (Fsp3) is 0.0952. The number of azo groups is 1. The second kappa shape index (κ2) is 10.8. The zero-order valence-corrected chi connectivity index (χ0v) is 19.7. The fourth-order valence-electron chi connectivity index (χ4n) is 2.36. The van der Waals surface area contributed by atoms with Gasteiger partial charge in [0.25, 0.3) is 0 Å². The number of carbonyl (C=O) groups is 1. The van der Waals surface area contributed by atoms with Crippen LogP contribution in [0.1, 0.15) is 0 Å². The van der Waals surface area contributed by atoms with Crippen molar-refractivity contribution in [3.63, 3.8) is 0 Å². The molecule has 0 spiro atoms. The second-order valence-corrected chi connectivity index (χ2v) is 9.47. The van der Waals surface area contributed by atoms with Crippen LogP contribution in [0.4, 0.5) is 21.9 Å². The predicted molar refractivity (Wildman–Crippen MR) is 128 cm³/mol. The number of ether oxygens (including phenoxy) is 1. The van der Waals surface area contributed by atoms with Crippen LogP contribution in [-0.4, -0.2) is 16.1 Å². The Morgan fingerprint density at radius 2 is 1.45 bits per heavy atom. The minimum atomic E-state index is -1.84. The lowest BCUT2D eigenvalue weighted by atomic mass is 10.3. The van der Waals surface area contributed by atoms with E-state index < -0.39 is 16.1 Å². The summed E-state index contributed by atoms with van der Waals surface area (Å²) in [5.41, 5.74) is 1.98. The van der Waals surface area contributed by atoms with E-state index in [1.54, 1.807) is 48.5 Å². The van der Waals surface area contributed by atoms with Crippen LogP contribution in [0.25, 0.3) is 0 Å². The molecule has 0 unspecified atom stereocenters. The zero-order chi connectivity index (χ0) is 22.3. The van der Waals surface area contributed by atoms with Gasteiger partial charge in [-0.05, 0) is 60.7 Å².